The van der Waals surface area contributed by atoms with Crippen molar-refractivity contribution in [2.75, 3.05) is 6.54 Å². The highest BCUT2D eigenvalue weighted by atomic mass is 16.6. The van der Waals surface area contributed by atoms with Crippen molar-refractivity contribution < 1.29 is 9.53 Å². The van der Waals surface area contributed by atoms with Gasteiger partial charge in [-0.3, -0.25) is 0 Å². The monoisotopic (exact) mass is 258 g/mol. The van der Waals surface area contributed by atoms with E-state index in [1.54, 1.807) is 11.0 Å². The zero-order valence-corrected chi connectivity index (χ0v) is 11.6. The standard InChI is InChI=1S/C15H18N2O2/c1-15(2,3)19-14(18)17-8-7-11-5-4-6-12(9-16)13(11)10-17/h4-6H,7-8,10H2,1-3H3. The second kappa shape index (κ2) is 4.93. The van der Waals surface area contributed by atoms with Crippen LogP contribution in [0.15, 0.2) is 18.2 Å². The van der Waals surface area contributed by atoms with Gasteiger partial charge in [0, 0.05) is 6.54 Å². The largest absolute Gasteiger partial charge is 0.444 e. The smallest absolute Gasteiger partial charge is 0.410 e. The number of benzene rings is 1. The molecule has 19 heavy (non-hydrogen) atoms. The third-order valence-corrected chi connectivity index (χ3v) is 3.05. The molecule has 4 nitrogen and oxygen atoms in total. The van der Waals surface area contributed by atoms with E-state index in [-0.39, 0.29) is 6.09 Å². The third-order valence-electron chi connectivity index (χ3n) is 3.05. The minimum atomic E-state index is -0.494. The molecule has 1 heterocycles. The van der Waals surface area contributed by atoms with Gasteiger partial charge in [-0.15, -0.1) is 0 Å². The fourth-order valence-electron chi connectivity index (χ4n) is 2.17. The SMILES string of the molecule is CC(C)(C)OC(=O)N1CCc2cccc(C#N)c2C1. The predicted octanol–water partition coefficient (Wildman–Crippen LogP) is 2.85. The number of rotatable bonds is 0. The highest BCUT2D eigenvalue weighted by molar-refractivity contribution is 5.69. The molecule has 1 amide bonds. The first kappa shape index (κ1) is 13.4. The lowest BCUT2D eigenvalue weighted by Gasteiger charge is -2.31. The van der Waals surface area contributed by atoms with Crippen molar-refractivity contribution in [1.82, 2.24) is 4.90 Å². The summed E-state index contributed by atoms with van der Waals surface area (Å²) >= 11 is 0. The van der Waals surface area contributed by atoms with Crippen LogP contribution < -0.4 is 0 Å². The van der Waals surface area contributed by atoms with E-state index in [9.17, 15) is 4.79 Å². The molecule has 100 valence electrons. The number of fused-ring (bicyclic) bond motifs is 1. The number of carbonyl (C=O) groups excluding carboxylic acids is 1. The summed E-state index contributed by atoms with van der Waals surface area (Å²) in [6.45, 7) is 6.64. The van der Waals surface area contributed by atoms with Crippen molar-refractivity contribution in [3.05, 3.63) is 34.9 Å². The molecule has 1 aliphatic rings. The van der Waals surface area contributed by atoms with Crippen LogP contribution in [0.5, 0.6) is 0 Å². The summed E-state index contributed by atoms with van der Waals surface area (Å²) in [5.74, 6) is 0. The van der Waals surface area contributed by atoms with E-state index in [4.69, 9.17) is 10.00 Å². The van der Waals surface area contributed by atoms with Crippen molar-refractivity contribution in [2.24, 2.45) is 0 Å². The fraction of sp³-hybridized carbons (Fsp3) is 0.467. The van der Waals surface area contributed by atoms with Gasteiger partial charge >= 0.3 is 6.09 Å². The Morgan fingerprint density at radius 2 is 2.16 bits per heavy atom. The highest BCUT2D eigenvalue weighted by Crippen LogP contribution is 2.23. The predicted molar refractivity (Wildman–Crippen MR) is 71.5 cm³/mol. The minimum absolute atomic E-state index is 0.314. The van der Waals surface area contributed by atoms with Crippen molar-refractivity contribution in [1.29, 1.82) is 5.26 Å². The summed E-state index contributed by atoms with van der Waals surface area (Å²) in [5.41, 5.74) is 2.25. The molecule has 0 aromatic heterocycles. The minimum Gasteiger partial charge on any atom is -0.444 e. The van der Waals surface area contributed by atoms with Crippen LogP contribution >= 0.6 is 0 Å². The molecule has 0 radical (unpaired) electrons. The number of amides is 1. The molecule has 0 unspecified atom stereocenters. The average molecular weight is 258 g/mol. The van der Waals surface area contributed by atoms with Crippen LogP contribution in [0.25, 0.3) is 0 Å². The zero-order chi connectivity index (χ0) is 14.0. The lowest BCUT2D eigenvalue weighted by molar-refractivity contribution is 0.0224. The van der Waals surface area contributed by atoms with Crippen molar-refractivity contribution in [3.63, 3.8) is 0 Å². The van der Waals surface area contributed by atoms with E-state index in [0.29, 0.717) is 18.7 Å². The number of carbonyl (C=O) groups is 1. The lowest BCUT2D eigenvalue weighted by atomic mass is 9.96. The molecule has 0 atom stereocenters. The molecule has 4 heteroatoms. The normalized spacial score (nSPS) is 14.5. The second-order valence-electron chi connectivity index (χ2n) is 5.71. The van der Waals surface area contributed by atoms with Gasteiger partial charge in [0.15, 0.2) is 0 Å². The maximum Gasteiger partial charge on any atom is 0.410 e. The van der Waals surface area contributed by atoms with Gasteiger partial charge in [0.1, 0.15) is 5.60 Å². The van der Waals surface area contributed by atoms with Crippen LogP contribution in [0.4, 0.5) is 4.79 Å². The Morgan fingerprint density at radius 1 is 1.42 bits per heavy atom. The molecule has 1 aromatic rings. The van der Waals surface area contributed by atoms with E-state index in [1.807, 2.05) is 32.9 Å². The van der Waals surface area contributed by atoms with Crippen LogP contribution in [0.3, 0.4) is 0 Å². The van der Waals surface area contributed by atoms with Gasteiger partial charge in [0.25, 0.3) is 0 Å². The topological polar surface area (TPSA) is 53.3 Å². The molecule has 1 aliphatic heterocycles. The van der Waals surface area contributed by atoms with E-state index >= 15 is 0 Å². The first-order valence-electron chi connectivity index (χ1n) is 6.39. The molecule has 0 saturated heterocycles. The summed E-state index contributed by atoms with van der Waals surface area (Å²) in [4.78, 5) is 13.7. The maximum atomic E-state index is 12.0. The Balaban J connectivity index is 2.18. The molecular formula is C15H18N2O2. The Labute approximate surface area is 113 Å². The molecule has 0 fully saturated rings. The van der Waals surface area contributed by atoms with E-state index in [0.717, 1.165) is 17.5 Å². The van der Waals surface area contributed by atoms with Crippen LogP contribution in [0.1, 0.15) is 37.5 Å². The lowest BCUT2D eigenvalue weighted by Crippen LogP contribution is -2.40. The Kier molecular flexibility index (Phi) is 3.48. The van der Waals surface area contributed by atoms with Crippen molar-refractivity contribution in [3.8, 4) is 6.07 Å². The summed E-state index contributed by atoms with van der Waals surface area (Å²) in [5, 5.41) is 9.12. The Morgan fingerprint density at radius 3 is 2.79 bits per heavy atom. The van der Waals surface area contributed by atoms with E-state index in [1.165, 1.54) is 0 Å². The van der Waals surface area contributed by atoms with Crippen molar-refractivity contribution >= 4 is 6.09 Å². The van der Waals surface area contributed by atoms with Crippen LogP contribution in [0, 0.1) is 11.3 Å². The zero-order valence-electron chi connectivity index (χ0n) is 11.6. The van der Waals surface area contributed by atoms with Gasteiger partial charge in [0.2, 0.25) is 0 Å². The van der Waals surface area contributed by atoms with Crippen molar-refractivity contribution in [2.45, 2.75) is 39.3 Å². The quantitative estimate of drug-likeness (QED) is 0.719. The molecule has 0 aliphatic carbocycles. The summed E-state index contributed by atoms with van der Waals surface area (Å²) < 4.78 is 5.37. The molecule has 1 aromatic carbocycles. The number of nitrogens with zero attached hydrogens (tertiary/aromatic N) is 2. The molecule has 0 N–H and O–H groups in total. The molecule has 0 spiro atoms. The highest BCUT2D eigenvalue weighted by Gasteiger charge is 2.26. The maximum absolute atomic E-state index is 12.0. The number of ether oxygens (including phenoxy) is 1. The number of hydrogen-bond donors (Lipinski definition) is 0. The average Bonchev–Trinajstić information content (AvgIpc) is 2.35. The molecular weight excluding hydrogens is 240 g/mol. The molecule has 2 rings (SSSR count). The van der Waals surface area contributed by atoms with E-state index < -0.39 is 5.60 Å². The van der Waals surface area contributed by atoms with Crippen LogP contribution in [0.2, 0.25) is 0 Å². The number of nitriles is 1. The first-order chi connectivity index (χ1) is 8.90. The van der Waals surface area contributed by atoms with Crippen LogP contribution in [-0.4, -0.2) is 23.1 Å². The fourth-order valence-corrected chi connectivity index (χ4v) is 2.17. The van der Waals surface area contributed by atoms with Crippen LogP contribution in [-0.2, 0) is 17.7 Å². The summed E-state index contributed by atoms with van der Waals surface area (Å²) in [7, 11) is 0. The van der Waals surface area contributed by atoms with Gasteiger partial charge in [-0.25, -0.2) is 4.79 Å². The first-order valence-corrected chi connectivity index (χ1v) is 6.39. The van der Waals surface area contributed by atoms with Gasteiger partial charge in [-0.05, 0) is 44.4 Å². The van der Waals surface area contributed by atoms with Gasteiger partial charge in [0.05, 0.1) is 18.2 Å². The third kappa shape index (κ3) is 3.05. The number of hydrogen-bond acceptors (Lipinski definition) is 3. The van der Waals surface area contributed by atoms with Gasteiger partial charge in [-0.2, -0.15) is 5.26 Å². The Hall–Kier alpha value is -2.02. The molecule has 0 bridgehead atoms. The van der Waals surface area contributed by atoms with Gasteiger partial charge < -0.3 is 9.64 Å². The summed E-state index contributed by atoms with van der Waals surface area (Å²) in [6.07, 6.45) is 0.454. The van der Waals surface area contributed by atoms with E-state index in [2.05, 4.69) is 6.07 Å². The summed E-state index contributed by atoms with van der Waals surface area (Å²) in [6, 6.07) is 7.88. The second-order valence-corrected chi connectivity index (χ2v) is 5.71. The van der Waals surface area contributed by atoms with Gasteiger partial charge in [-0.1, -0.05) is 12.1 Å². The Bertz CT molecular complexity index is 538. The molecule has 0 saturated carbocycles.